The van der Waals surface area contributed by atoms with Crippen molar-refractivity contribution in [3.63, 3.8) is 0 Å². The maximum atomic E-state index is 11.6. The lowest BCUT2D eigenvalue weighted by molar-refractivity contribution is -0.0721. The molecule has 0 amide bonds. The summed E-state index contributed by atoms with van der Waals surface area (Å²) in [5.74, 6) is 0.343. The molecule has 0 aromatic rings. The molecule has 4 nitrogen and oxygen atoms in total. The summed E-state index contributed by atoms with van der Waals surface area (Å²) in [7, 11) is -2.84. The highest BCUT2D eigenvalue weighted by Crippen LogP contribution is 2.40. The van der Waals surface area contributed by atoms with Crippen LogP contribution < -0.4 is 5.32 Å². The van der Waals surface area contributed by atoms with E-state index in [2.05, 4.69) is 5.32 Å². The maximum Gasteiger partial charge on any atom is 0.154 e. The molecule has 3 atom stereocenters. The molecule has 1 saturated heterocycles. The first-order chi connectivity index (χ1) is 7.34. The predicted octanol–water partition coefficient (Wildman–Crippen LogP) is 0.313. The summed E-state index contributed by atoms with van der Waals surface area (Å²) in [6, 6.07) is 0.248. The smallest absolute Gasteiger partial charge is 0.154 e. The Morgan fingerprint density at radius 2 is 2.12 bits per heavy atom. The first kappa shape index (κ1) is 12.3. The molecule has 94 valence electrons. The van der Waals surface area contributed by atoms with Crippen molar-refractivity contribution in [1.29, 1.82) is 0 Å². The summed E-state index contributed by atoms with van der Waals surface area (Å²) in [5, 5.41) is 12.7. The zero-order valence-electron chi connectivity index (χ0n) is 9.94. The average molecular weight is 247 g/mol. The SMILES string of the molecule is CC1(C)C(O)CC1NCC1CCCS1(=O)=O. The van der Waals surface area contributed by atoms with Crippen LogP contribution in [-0.4, -0.2) is 43.2 Å². The zero-order valence-corrected chi connectivity index (χ0v) is 10.8. The van der Waals surface area contributed by atoms with Gasteiger partial charge >= 0.3 is 0 Å². The Hall–Kier alpha value is -0.130. The van der Waals surface area contributed by atoms with Crippen LogP contribution >= 0.6 is 0 Å². The van der Waals surface area contributed by atoms with Crippen LogP contribution in [-0.2, 0) is 9.84 Å². The second-order valence-electron chi connectivity index (χ2n) is 5.66. The van der Waals surface area contributed by atoms with E-state index in [1.54, 1.807) is 0 Å². The molecule has 1 saturated carbocycles. The summed E-state index contributed by atoms with van der Waals surface area (Å²) < 4.78 is 23.2. The number of sulfone groups is 1. The molecule has 0 aromatic heterocycles. The molecule has 0 aromatic carbocycles. The van der Waals surface area contributed by atoms with Crippen molar-refractivity contribution in [3.05, 3.63) is 0 Å². The van der Waals surface area contributed by atoms with Crippen molar-refractivity contribution in [2.75, 3.05) is 12.3 Å². The first-order valence-electron chi connectivity index (χ1n) is 5.97. The van der Waals surface area contributed by atoms with Crippen LogP contribution in [0.2, 0.25) is 0 Å². The van der Waals surface area contributed by atoms with E-state index in [-0.39, 0.29) is 22.8 Å². The third kappa shape index (κ3) is 2.00. The van der Waals surface area contributed by atoms with Gasteiger partial charge in [0, 0.05) is 18.0 Å². The van der Waals surface area contributed by atoms with Crippen molar-refractivity contribution in [2.24, 2.45) is 5.41 Å². The van der Waals surface area contributed by atoms with Gasteiger partial charge in [-0.25, -0.2) is 8.42 Å². The second-order valence-corrected chi connectivity index (χ2v) is 8.07. The van der Waals surface area contributed by atoms with Gasteiger partial charge in [-0.15, -0.1) is 0 Å². The van der Waals surface area contributed by atoms with Crippen LogP contribution in [0.5, 0.6) is 0 Å². The van der Waals surface area contributed by atoms with Gasteiger partial charge in [-0.05, 0) is 19.3 Å². The Morgan fingerprint density at radius 1 is 1.44 bits per heavy atom. The fourth-order valence-corrected chi connectivity index (χ4v) is 4.39. The van der Waals surface area contributed by atoms with Gasteiger partial charge < -0.3 is 10.4 Å². The van der Waals surface area contributed by atoms with Gasteiger partial charge in [-0.2, -0.15) is 0 Å². The molecular weight excluding hydrogens is 226 g/mol. The molecular formula is C11H21NO3S. The van der Waals surface area contributed by atoms with Crippen molar-refractivity contribution in [2.45, 2.75) is 50.5 Å². The largest absolute Gasteiger partial charge is 0.392 e. The lowest BCUT2D eigenvalue weighted by Gasteiger charge is -2.50. The molecule has 2 N–H and O–H groups in total. The van der Waals surface area contributed by atoms with Crippen molar-refractivity contribution < 1.29 is 13.5 Å². The number of rotatable bonds is 3. The minimum absolute atomic E-state index is 0.123. The number of hydrogen-bond acceptors (Lipinski definition) is 4. The monoisotopic (exact) mass is 247 g/mol. The number of aliphatic hydroxyl groups excluding tert-OH is 1. The van der Waals surface area contributed by atoms with Gasteiger partial charge in [0.05, 0.1) is 17.1 Å². The second kappa shape index (κ2) is 3.96. The van der Waals surface area contributed by atoms with Crippen molar-refractivity contribution in [1.82, 2.24) is 5.32 Å². The number of nitrogens with one attached hydrogen (secondary N) is 1. The predicted molar refractivity (Wildman–Crippen MR) is 63.0 cm³/mol. The highest BCUT2D eigenvalue weighted by atomic mass is 32.2. The van der Waals surface area contributed by atoms with Gasteiger partial charge in [0.15, 0.2) is 9.84 Å². The molecule has 2 rings (SSSR count). The lowest BCUT2D eigenvalue weighted by Crippen LogP contribution is -2.61. The Bertz CT molecular complexity index is 363. The van der Waals surface area contributed by atoms with Crippen LogP contribution in [0, 0.1) is 5.41 Å². The zero-order chi connectivity index (χ0) is 12.0. The van der Waals surface area contributed by atoms with Crippen molar-refractivity contribution in [3.8, 4) is 0 Å². The molecule has 1 aliphatic carbocycles. The molecule has 5 heteroatoms. The lowest BCUT2D eigenvalue weighted by atomic mass is 9.64. The van der Waals surface area contributed by atoms with E-state index in [9.17, 15) is 13.5 Å². The summed E-state index contributed by atoms with van der Waals surface area (Å²) in [4.78, 5) is 0. The molecule has 0 spiro atoms. The third-order valence-electron chi connectivity index (χ3n) is 4.27. The highest BCUT2D eigenvalue weighted by Gasteiger charge is 2.47. The van der Waals surface area contributed by atoms with E-state index in [0.29, 0.717) is 12.3 Å². The third-order valence-corrected chi connectivity index (χ3v) is 6.55. The Balaban J connectivity index is 1.85. The highest BCUT2D eigenvalue weighted by molar-refractivity contribution is 7.92. The molecule has 1 heterocycles. The maximum absolute atomic E-state index is 11.6. The van der Waals surface area contributed by atoms with E-state index in [4.69, 9.17) is 0 Å². The van der Waals surface area contributed by atoms with Gasteiger partial charge in [-0.1, -0.05) is 13.8 Å². The summed E-state index contributed by atoms with van der Waals surface area (Å²) in [6.45, 7) is 4.58. The molecule has 3 unspecified atom stereocenters. The Kier molecular flexibility index (Phi) is 3.05. The normalized spacial score (nSPS) is 40.6. The van der Waals surface area contributed by atoms with Crippen LogP contribution in [0.15, 0.2) is 0 Å². The van der Waals surface area contributed by atoms with Gasteiger partial charge in [-0.3, -0.25) is 0 Å². The fourth-order valence-electron chi connectivity index (χ4n) is 2.61. The first-order valence-corrected chi connectivity index (χ1v) is 7.68. The van der Waals surface area contributed by atoms with E-state index in [1.807, 2.05) is 13.8 Å². The van der Waals surface area contributed by atoms with Crippen LogP contribution in [0.1, 0.15) is 33.1 Å². The number of aliphatic hydroxyl groups is 1. The minimum atomic E-state index is -2.84. The molecule has 2 aliphatic rings. The standard InChI is InChI=1S/C11H21NO3S/c1-11(2)9(6-10(11)13)12-7-8-4-3-5-16(8,14)15/h8-10,12-13H,3-7H2,1-2H3. The van der Waals surface area contributed by atoms with Gasteiger partial charge in [0.25, 0.3) is 0 Å². The minimum Gasteiger partial charge on any atom is -0.392 e. The Labute approximate surface area is 97.3 Å². The van der Waals surface area contributed by atoms with Gasteiger partial charge in [0.1, 0.15) is 0 Å². The van der Waals surface area contributed by atoms with Crippen LogP contribution in [0.3, 0.4) is 0 Å². The average Bonchev–Trinajstić information content (AvgIpc) is 2.52. The summed E-state index contributed by atoms with van der Waals surface area (Å²) in [5.41, 5.74) is -0.123. The fraction of sp³-hybridized carbons (Fsp3) is 1.00. The van der Waals surface area contributed by atoms with Crippen molar-refractivity contribution >= 4 is 9.84 Å². The van der Waals surface area contributed by atoms with Crippen LogP contribution in [0.25, 0.3) is 0 Å². The van der Waals surface area contributed by atoms with E-state index in [1.165, 1.54) is 0 Å². The Morgan fingerprint density at radius 3 is 2.56 bits per heavy atom. The molecule has 0 bridgehead atoms. The topological polar surface area (TPSA) is 66.4 Å². The summed E-state index contributed by atoms with van der Waals surface area (Å²) >= 11 is 0. The quantitative estimate of drug-likeness (QED) is 0.753. The van der Waals surface area contributed by atoms with Crippen LogP contribution in [0.4, 0.5) is 0 Å². The van der Waals surface area contributed by atoms with E-state index in [0.717, 1.165) is 19.3 Å². The molecule has 1 aliphatic heterocycles. The summed E-state index contributed by atoms with van der Waals surface area (Å²) in [6.07, 6.45) is 2.06. The van der Waals surface area contributed by atoms with Gasteiger partial charge in [0.2, 0.25) is 0 Å². The molecule has 0 radical (unpaired) electrons. The van der Waals surface area contributed by atoms with E-state index < -0.39 is 9.84 Å². The molecule has 16 heavy (non-hydrogen) atoms. The number of hydrogen-bond donors (Lipinski definition) is 2. The van der Waals surface area contributed by atoms with E-state index >= 15 is 0 Å². The molecule has 2 fully saturated rings.